The molecule has 1 aliphatic rings. The molecule has 0 spiro atoms. The minimum Gasteiger partial charge on any atom is -0.462 e. The number of esters is 1. The van der Waals surface area contributed by atoms with Gasteiger partial charge < -0.3 is 20.3 Å². The van der Waals surface area contributed by atoms with Crippen molar-refractivity contribution in [2.75, 3.05) is 55.0 Å². The average molecular weight is 549 g/mol. The van der Waals surface area contributed by atoms with Crippen LogP contribution in [0, 0.1) is 0 Å². The Morgan fingerprint density at radius 2 is 1.64 bits per heavy atom. The Labute approximate surface area is 229 Å². The number of nitrogens with one attached hydrogen (secondary N) is 2. The highest BCUT2D eigenvalue weighted by atomic mass is 32.2. The van der Waals surface area contributed by atoms with Crippen LogP contribution >= 0.6 is 0 Å². The van der Waals surface area contributed by atoms with Gasteiger partial charge in [-0.2, -0.15) is 0 Å². The summed E-state index contributed by atoms with van der Waals surface area (Å²) in [6, 6.07) is 21.5. The summed E-state index contributed by atoms with van der Waals surface area (Å²) >= 11 is 0. The van der Waals surface area contributed by atoms with Crippen molar-refractivity contribution in [1.29, 1.82) is 0 Å². The van der Waals surface area contributed by atoms with Gasteiger partial charge >= 0.3 is 5.97 Å². The molecule has 9 nitrogen and oxygen atoms in total. The zero-order valence-electron chi connectivity index (χ0n) is 22.4. The molecule has 1 aliphatic heterocycles. The fourth-order valence-electron chi connectivity index (χ4n) is 4.28. The maximum atomic E-state index is 13.2. The van der Waals surface area contributed by atoms with Crippen molar-refractivity contribution >= 4 is 50.2 Å². The van der Waals surface area contributed by atoms with Gasteiger partial charge in [0, 0.05) is 24.3 Å². The van der Waals surface area contributed by atoms with Crippen molar-refractivity contribution in [2.45, 2.75) is 6.92 Å². The zero-order chi connectivity index (χ0) is 28.2. The number of nitrogens with zero attached hydrogens (tertiary/aromatic N) is 2. The van der Waals surface area contributed by atoms with Gasteiger partial charge in [-0.15, -0.1) is 0 Å². The summed E-state index contributed by atoms with van der Waals surface area (Å²) < 4.78 is 31.3. The van der Waals surface area contributed by atoms with E-state index in [0.717, 1.165) is 5.56 Å². The number of fused-ring (bicyclic) bond motifs is 1. The van der Waals surface area contributed by atoms with Crippen molar-refractivity contribution in [3.8, 4) is 0 Å². The summed E-state index contributed by atoms with van der Waals surface area (Å²) in [7, 11) is 0.311. The first kappa shape index (κ1) is 27.9. The first-order valence-corrected chi connectivity index (χ1v) is 14.4. The summed E-state index contributed by atoms with van der Waals surface area (Å²) in [5.74, 6) is -0.761. The van der Waals surface area contributed by atoms with Crippen LogP contribution in [0.25, 0.3) is 11.3 Å². The molecule has 3 aromatic rings. The van der Waals surface area contributed by atoms with Crippen molar-refractivity contribution in [2.24, 2.45) is 0 Å². The monoisotopic (exact) mass is 548 g/mol. The molecule has 0 aromatic heterocycles. The normalized spacial score (nSPS) is 14.0. The molecule has 10 heteroatoms. The smallest absolute Gasteiger partial charge is 0.338 e. The Morgan fingerprint density at radius 1 is 0.949 bits per heavy atom. The molecule has 0 radical (unpaired) electrons. The molecule has 39 heavy (non-hydrogen) atoms. The van der Waals surface area contributed by atoms with Crippen LogP contribution in [-0.2, 0) is 19.6 Å². The Kier molecular flexibility index (Phi) is 8.37. The fourth-order valence-corrected chi connectivity index (χ4v) is 5.20. The number of hydrogen-bond donors (Lipinski definition) is 2. The van der Waals surface area contributed by atoms with E-state index in [1.54, 1.807) is 49.4 Å². The maximum absolute atomic E-state index is 13.2. The van der Waals surface area contributed by atoms with Gasteiger partial charge in [0.05, 0.1) is 41.1 Å². The highest BCUT2D eigenvalue weighted by Crippen LogP contribution is 2.38. The average Bonchev–Trinajstić information content (AvgIpc) is 3.22. The summed E-state index contributed by atoms with van der Waals surface area (Å²) in [6.45, 7) is 2.89. The largest absolute Gasteiger partial charge is 0.462 e. The van der Waals surface area contributed by atoms with E-state index < -0.39 is 16.0 Å². The summed E-state index contributed by atoms with van der Waals surface area (Å²) in [4.78, 5) is 27.4. The van der Waals surface area contributed by atoms with Gasteiger partial charge in [0.25, 0.3) is 5.91 Å². The predicted molar refractivity (Wildman–Crippen MR) is 155 cm³/mol. The number of anilines is 3. The van der Waals surface area contributed by atoms with Crippen LogP contribution in [0.4, 0.5) is 17.1 Å². The SMILES string of the molecule is CCOC(=O)c1ccc2c(c1)NC(=O)C2=C(Nc1ccc(N(CCN(C)C)S(C)(=O)=O)cc1)c1ccccc1. The number of amides is 1. The summed E-state index contributed by atoms with van der Waals surface area (Å²) in [5.41, 5.74) is 4.56. The molecule has 0 fully saturated rings. The van der Waals surface area contributed by atoms with E-state index in [1.807, 2.05) is 49.3 Å². The van der Waals surface area contributed by atoms with Crippen LogP contribution in [0.1, 0.15) is 28.4 Å². The highest BCUT2D eigenvalue weighted by Gasteiger charge is 2.29. The molecule has 0 saturated carbocycles. The lowest BCUT2D eigenvalue weighted by atomic mass is 9.99. The Morgan fingerprint density at radius 3 is 2.26 bits per heavy atom. The van der Waals surface area contributed by atoms with Crippen LogP contribution in [0.5, 0.6) is 0 Å². The number of hydrogen-bond acceptors (Lipinski definition) is 7. The number of rotatable bonds is 10. The van der Waals surface area contributed by atoms with E-state index in [0.29, 0.717) is 52.5 Å². The number of carbonyl (C=O) groups excluding carboxylic acids is 2. The van der Waals surface area contributed by atoms with Gasteiger partial charge in [-0.3, -0.25) is 9.10 Å². The van der Waals surface area contributed by atoms with Gasteiger partial charge in [0.2, 0.25) is 10.0 Å². The number of sulfonamides is 1. The van der Waals surface area contributed by atoms with Crippen LogP contribution in [-0.4, -0.2) is 65.2 Å². The molecule has 0 bridgehead atoms. The first-order valence-electron chi connectivity index (χ1n) is 12.5. The van der Waals surface area contributed by atoms with Crippen LogP contribution < -0.4 is 14.9 Å². The van der Waals surface area contributed by atoms with Crippen molar-refractivity contribution in [1.82, 2.24) is 4.90 Å². The topological polar surface area (TPSA) is 108 Å². The molecule has 0 unspecified atom stereocenters. The Balaban J connectivity index is 1.72. The van der Waals surface area contributed by atoms with E-state index in [9.17, 15) is 18.0 Å². The van der Waals surface area contributed by atoms with E-state index in [2.05, 4.69) is 10.6 Å². The molecule has 3 aromatic carbocycles. The number of carbonyl (C=O) groups is 2. The second kappa shape index (κ2) is 11.7. The standard InChI is InChI=1S/C29H32N4O5S/c1-5-38-29(35)21-11-16-24-25(19-21)31-28(34)26(24)27(20-9-7-6-8-10-20)30-22-12-14-23(15-13-22)33(39(4,36)37)18-17-32(2)3/h6-16,19,30H,5,17-18H2,1-4H3,(H,31,34). The van der Waals surface area contributed by atoms with E-state index in [4.69, 9.17) is 4.74 Å². The molecule has 4 rings (SSSR count). The van der Waals surface area contributed by atoms with Gasteiger partial charge in [-0.1, -0.05) is 36.4 Å². The van der Waals surface area contributed by atoms with Crippen molar-refractivity contribution < 1.29 is 22.7 Å². The molecular formula is C29H32N4O5S. The molecule has 1 amide bonds. The Hall–Kier alpha value is -4.15. The van der Waals surface area contributed by atoms with Crippen LogP contribution in [0.2, 0.25) is 0 Å². The van der Waals surface area contributed by atoms with E-state index >= 15 is 0 Å². The zero-order valence-corrected chi connectivity index (χ0v) is 23.2. The molecule has 0 saturated heterocycles. The minimum absolute atomic E-state index is 0.256. The minimum atomic E-state index is -3.47. The van der Waals surface area contributed by atoms with Gasteiger partial charge in [0.1, 0.15) is 0 Å². The van der Waals surface area contributed by atoms with E-state index in [1.165, 1.54) is 10.6 Å². The second-order valence-electron chi connectivity index (χ2n) is 9.36. The fraction of sp³-hybridized carbons (Fsp3) is 0.241. The third-order valence-corrected chi connectivity index (χ3v) is 7.36. The molecule has 0 aliphatic carbocycles. The lowest BCUT2D eigenvalue weighted by Crippen LogP contribution is -2.35. The molecule has 204 valence electrons. The quantitative estimate of drug-likeness (QED) is 0.290. The second-order valence-corrected chi connectivity index (χ2v) is 11.3. The third kappa shape index (κ3) is 6.47. The lowest BCUT2D eigenvalue weighted by molar-refractivity contribution is -0.110. The first-order chi connectivity index (χ1) is 18.6. The van der Waals surface area contributed by atoms with Crippen LogP contribution in [0.15, 0.2) is 72.8 Å². The molecule has 2 N–H and O–H groups in total. The predicted octanol–water partition coefficient (Wildman–Crippen LogP) is 4.12. The Bertz CT molecular complexity index is 1500. The third-order valence-electron chi connectivity index (χ3n) is 6.16. The molecule has 1 heterocycles. The van der Waals surface area contributed by atoms with Crippen LogP contribution in [0.3, 0.4) is 0 Å². The van der Waals surface area contributed by atoms with Gasteiger partial charge in [-0.05, 0) is 63.0 Å². The van der Waals surface area contributed by atoms with Crippen molar-refractivity contribution in [3.05, 3.63) is 89.5 Å². The molecule has 0 atom stereocenters. The number of likely N-dealkylation sites (N-methyl/N-ethyl adjacent to an activating group) is 1. The lowest BCUT2D eigenvalue weighted by Gasteiger charge is -2.24. The van der Waals surface area contributed by atoms with Crippen molar-refractivity contribution in [3.63, 3.8) is 0 Å². The van der Waals surface area contributed by atoms with Gasteiger partial charge in [0.15, 0.2) is 0 Å². The van der Waals surface area contributed by atoms with E-state index in [-0.39, 0.29) is 12.5 Å². The number of ether oxygens (including phenoxy) is 1. The summed E-state index contributed by atoms with van der Waals surface area (Å²) in [5, 5.41) is 6.24. The maximum Gasteiger partial charge on any atom is 0.338 e. The van der Waals surface area contributed by atoms with Gasteiger partial charge in [-0.25, -0.2) is 13.2 Å². The highest BCUT2D eigenvalue weighted by molar-refractivity contribution is 7.92. The summed E-state index contributed by atoms with van der Waals surface area (Å²) in [6.07, 6.45) is 1.19. The number of benzene rings is 3. The molecular weight excluding hydrogens is 516 g/mol.